The Balaban J connectivity index is 0.000000304. The molecule has 0 aliphatic carbocycles. The molecule has 1 fully saturated rings. The zero-order valence-electron chi connectivity index (χ0n) is 20.1. The fourth-order valence-corrected chi connectivity index (χ4v) is 3.84. The highest BCUT2D eigenvalue weighted by Gasteiger charge is 2.36. The molecule has 9 nitrogen and oxygen atoms in total. The number of carboxylic acid groups (broad SMARTS) is 1. The van der Waals surface area contributed by atoms with E-state index < -0.39 is 40.9 Å². The molecular weight excluding hydrogens is 510 g/mol. The van der Waals surface area contributed by atoms with Crippen molar-refractivity contribution >= 4 is 23.5 Å². The third kappa shape index (κ3) is 6.41. The molecule has 0 atom stereocenters. The summed E-state index contributed by atoms with van der Waals surface area (Å²) in [6, 6.07) is 10.4. The number of benzene rings is 2. The minimum atomic E-state index is -4.62. The maximum absolute atomic E-state index is 13.1. The number of carbonyl (C=O) groups is 3. The monoisotopic (exact) mass is 533 g/mol. The van der Waals surface area contributed by atoms with Gasteiger partial charge in [0.05, 0.1) is 23.0 Å². The highest BCUT2D eigenvalue weighted by atomic mass is 19.4. The number of amides is 2. The van der Waals surface area contributed by atoms with E-state index in [4.69, 9.17) is 5.73 Å². The van der Waals surface area contributed by atoms with Gasteiger partial charge in [-0.05, 0) is 42.8 Å². The van der Waals surface area contributed by atoms with E-state index in [1.165, 1.54) is 54.4 Å². The number of rotatable bonds is 4. The summed E-state index contributed by atoms with van der Waals surface area (Å²) in [5, 5.41) is 16.3. The topological polar surface area (TPSA) is 130 Å². The predicted octanol–water partition coefficient (Wildman–Crippen LogP) is 3.39. The molecule has 1 saturated heterocycles. The van der Waals surface area contributed by atoms with Crippen molar-refractivity contribution in [1.82, 2.24) is 15.1 Å². The number of nitrogens with zero attached hydrogens (tertiary/aromatic N) is 4. The number of aromatic nitrogens is 2. The van der Waals surface area contributed by atoms with Crippen LogP contribution in [0.1, 0.15) is 42.3 Å². The highest BCUT2D eigenvalue weighted by Crippen LogP contribution is 2.32. The summed E-state index contributed by atoms with van der Waals surface area (Å²) in [7, 11) is 0. The Morgan fingerprint density at radius 2 is 1.58 bits per heavy atom. The van der Waals surface area contributed by atoms with Crippen LogP contribution in [0.5, 0.6) is 0 Å². The molecule has 3 aromatic rings. The normalized spacial score (nSPS) is 13.4. The molecule has 38 heavy (non-hydrogen) atoms. The number of hydrogen-bond donors (Lipinski definition) is 2. The number of carbonyl (C=O) groups excluding carboxylic acids is 2. The second-order valence-electron chi connectivity index (χ2n) is 8.17. The van der Waals surface area contributed by atoms with Crippen molar-refractivity contribution in [3.8, 4) is 0 Å². The van der Waals surface area contributed by atoms with Crippen LogP contribution in [0.25, 0.3) is 0 Å². The first-order valence-electron chi connectivity index (χ1n) is 11.2. The van der Waals surface area contributed by atoms with E-state index in [1.807, 2.05) is 0 Å². The second-order valence-corrected chi connectivity index (χ2v) is 8.17. The van der Waals surface area contributed by atoms with Crippen LogP contribution in [0.15, 0.2) is 54.7 Å². The van der Waals surface area contributed by atoms with Gasteiger partial charge in [-0.2, -0.15) is 18.3 Å². The Morgan fingerprint density at radius 1 is 0.947 bits per heavy atom. The molecule has 2 aromatic carbocycles. The summed E-state index contributed by atoms with van der Waals surface area (Å²) in [5.41, 5.74) is 4.32. The van der Waals surface area contributed by atoms with Gasteiger partial charge in [0.2, 0.25) is 5.91 Å². The summed E-state index contributed by atoms with van der Waals surface area (Å²) in [6.07, 6.45) is -3.26. The Labute approximate surface area is 214 Å². The van der Waals surface area contributed by atoms with E-state index in [0.717, 1.165) is 12.1 Å². The molecule has 0 bridgehead atoms. The largest absolute Gasteiger partial charge is 0.476 e. The first-order chi connectivity index (χ1) is 17.9. The molecule has 0 radical (unpaired) electrons. The van der Waals surface area contributed by atoms with E-state index in [2.05, 4.69) is 10.2 Å². The third-order valence-corrected chi connectivity index (χ3v) is 5.81. The zero-order chi connectivity index (χ0) is 28.0. The molecule has 2 heterocycles. The number of piperazine rings is 1. The SMILES string of the molecule is Cc1c(F)cccc1C(N)=O.O=C(O)c1nnccc1N1CCN(C(=O)c2ccccc2C(F)(F)F)CC1. The van der Waals surface area contributed by atoms with Crippen molar-refractivity contribution in [2.24, 2.45) is 5.73 Å². The highest BCUT2D eigenvalue weighted by molar-refractivity contribution is 5.96. The van der Waals surface area contributed by atoms with Crippen LogP contribution in [-0.4, -0.2) is 64.2 Å². The van der Waals surface area contributed by atoms with Crippen molar-refractivity contribution in [3.05, 3.63) is 88.5 Å². The van der Waals surface area contributed by atoms with Gasteiger partial charge in [0.15, 0.2) is 5.69 Å². The van der Waals surface area contributed by atoms with Gasteiger partial charge in [-0.3, -0.25) is 9.59 Å². The number of carboxylic acids is 1. The van der Waals surface area contributed by atoms with Crippen molar-refractivity contribution in [2.45, 2.75) is 13.1 Å². The number of aromatic carboxylic acids is 1. The lowest BCUT2D eigenvalue weighted by Crippen LogP contribution is -2.49. The summed E-state index contributed by atoms with van der Waals surface area (Å²) in [4.78, 5) is 37.5. The van der Waals surface area contributed by atoms with Gasteiger partial charge in [-0.25, -0.2) is 9.18 Å². The molecule has 13 heteroatoms. The Hall–Kier alpha value is -4.55. The van der Waals surface area contributed by atoms with Gasteiger partial charge in [-0.1, -0.05) is 18.2 Å². The minimum Gasteiger partial charge on any atom is -0.476 e. The lowest BCUT2D eigenvalue weighted by Gasteiger charge is -2.36. The standard InChI is InChI=1S/C17H15F3N4O3.C8H8FNO/c18-17(19,20)12-4-2-1-3-11(12)15(25)24-9-7-23(8-10-24)13-5-6-21-22-14(13)16(26)27;1-5-6(8(10)11)3-2-4-7(5)9/h1-6H,7-10H2,(H,26,27);2-4H,1H3,(H2,10,11). The van der Waals surface area contributed by atoms with Crippen molar-refractivity contribution < 1.29 is 37.1 Å². The Kier molecular flexibility index (Phi) is 8.61. The van der Waals surface area contributed by atoms with Gasteiger partial charge in [-0.15, -0.1) is 5.10 Å². The Bertz CT molecular complexity index is 1340. The van der Waals surface area contributed by atoms with Crippen LogP contribution in [0.4, 0.5) is 23.2 Å². The lowest BCUT2D eigenvalue weighted by atomic mass is 10.1. The molecule has 0 unspecified atom stereocenters. The fourth-order valence-electron chi connectivity index (χ4n) is 3.84. The van der Waals surface area contributed by atoms with E-state index in [1.54, 1.807) is 4.90 Å². The zero-order valence-corrected chi connectivity index (χ0v) is 20.1. The molecule has 1 aliphatic rings. The molecule has 1 aliphatic heterocycles. The van der Waals surface area contributed by atoms with E-state index in [9.17, 15) is 37.1 Å². The molecular formula is C25H23F4N5O4. The summed E-state index contributed by atoms with van der Waals surface area (Å²) < 4.78 is 52.1. The van der Waals surface area contributed by atoms with Crippen LogP contribution in [0.3, 0.4) is 0 Å². The molecule has 1 aromatic heterocycles. The number of nitrogens with two attached hydrogens (primary N) is 1. The van der Waals surface area contributed by atoms with Crippen LogP contribution >= 0.6 is 0 Å². The molecule has 0 spiro atoms. The van der Waals surface area contributed by atoms with E-state index in [0.29, 0.717) is 11.3 Å². The first kappa shape index (κ1) is 28.0. The summed E-state index contributed by atoms with van der Waals surface area (Å²) in [6.45, 7) is 2.38. The smallest absolute Gasteiger partial charge is 0.417 e. The van der Waals surface area contributed by atoms with Gasteiger partial charge >= 0.3 is 12.1 Å². The number of alkyl halides is 3. The van der Waals surface area contributed by atoms with Gasteiger partial charge in [0.25, 0.3) is 5.91 Å². The molecule has 4 rings (SSSR count). The second kappa shape index (κ2) is 11.7. The number of primary amides is 1. The first-order valence-corrected chi connectivity index (χ1v) is 11.2. The fraction of sp³-hybridized carbons (Fsp3) is 0.240. The predicted molar refractivity (Wildman–Crippen MR) is 128 cm³/mol. The quantitative estimate of drug-likeness (QED) is 0.492. The maximum atomic E-state index is 13.1. The van der Waals surface area contributed by atoms with Crippen LogP contribution in [0, 0.1) is 12.7 Å². The van der Waals surface area contributed by atoms with E-state index in [-0.39, 0.29) is 37.4 Å². The third-order valence-electron chi connectivity index (χ3n) is 5.81. The molecule has 200 valence electrons. The Morgan fingerprint density at radius 3 is 2.16 bits per heavy atom. The van der Waals surface area contributed by atoms with Gasteiger partial charge in [0, 0.05) is 31.7 Å². The van der Waals surface area contributed by atoms with Gasteiger partial charge < -0.3 is 20.6 Å². The van der Waals surface area contributed by atoms with E-state index >= 15 is 0 Å². The van der Waals surface area contributed by atoms with Crippen LogP contribution in [-0.2, 0) is 6.18 Å². The maximum Gasteiger partial charge on any atom is 0.417 e. The molecule has 2 amide bonds. The lowest BCUT2D eigenvalue weighted by molar-refractivity contribution is -0.138. The van der Waals surface area contributed by atoms with Gasteiger partial charge in [0.1, 0.15) is 5.82 Å². The van der Waals surface area contributed by atoms with Crippen molar-refractivity contribution in [1.29, 1.82) is 0 Å². The molecule has 0 saturated carbocycles. The van der Waals surface area contributed by atoms with Crippen molar-refractivity contribution in [2.75, 3.05) is 31.1 Å². The van der Waals surface area contributed by atoms with Crippen LogP contribution in [0.2, 0.25) is 0 Å². The number of hydrogen-bond acceptors (Lipinski definition) is 6. The van der Waals surface area contributed by atoms with Crippen molar-refractivity contribution in [3.63, 3.8) is 0 Å². The number of halogens is 4. The number of anilines is 1. The average Bonchev–Trinajstić information content (AvgIpc) is 2.89. The molecule has 3 N–H and O–H groups in total. The van der Waals surface area contributed by atoms with Crippen LogP contribution < -0.4 is 10.6 Å². The average molecular weight is 533 g/mol. The summed E-state index contributed by atoms with van der Waals surface area (Å²) in [5.74, 6) is -2.92. The minimum absolute atomic E-state index is 0.159. The summed E-state index contributed by atoms with van der Waals surface area (Å²) >= 11 is 0.